The van der Waals surface area contributed by atoms with E-state index in [0.717, 1.165) is 17.4 Å². The predicted molar refractivity (Wildman–Crippen MR) is 77.2 cm³/mol. The maximum atomic E-state index is 12.0. The average Bonchev–Trinajstić information content (AvgIpc) is 2.44. The second kappa shape index (κ2) is 6.29. The quantitative estimate of drug-likeness (QED) is 0.859. The Balaban J connectivity index is 2.05. The van der Waals surface area contributed by atoms with Gasteiger partial charge in [0, 0.05) is 11.9 Å². The standard InChI is InChI=1S/C15H19N3O/c1-11(9-16-2)10-17-15(19)14-8-7-12-5-3-4-6-13(12)18-14/h3-8,11,16H,9-10H2,1-2H3,(H,17,19). The highest BCUT2D eigenvalue weighted by molar-refractivity contribution is 5.94. The number of pyridine rings is 1. The van der Waals surface area contributed by atoms with Crippen molar-refractivity contribution in [2.45, 2.75) is 6.92 Å². The highest BCUT2D eigenvalue weighted by Gasteiger charge is 2.09. The Bertz CT molecular complexity index is 568. The summed E-state index contributed by atoms with van der Waals surface area (Å²) in [5, 5.41) is 7.04. The Labute approximate surface area is 113 Å². The zero-order valence-electron chi connectivity index (χ0n) is 11.3. The maximum Gasteiger partial charge on any atom is 0.269 e. The molecule has 0 saturated heterocycles. The number of amides is 1. The van der Waals surface area contributed by atoms with Crippen LogP contribution in [-0.2, 0) is 0 Å². The van der Waals surface area contributed by atoms with Gasteiger partial charge < -0.3 is 10.6 Å². The van der Waals surface area contributed by atoms with E-state index in [-0.39, 0.29) is 5.91 Å². The highest BCUT2D eigenvalue weighted by Crippen LogP contribution is 2.11. The molecule has 4 nitrogen and oxygen atoms in total. The van der Waals surface area contributed by atoms with E-state index < -0.39 is 0 Å². The summed E-state index contributed by atoms with van der Waals surface area (Å²) in [6.07, 6.45) is 0. The number of hydrogen-bond acceptors (Lipinski definition) is 3. The van der Waals surface area contributed by atoms with Crippen molar-refractivity contribution < 1.29 is 4.79 Å². The lowest BCUT2D eigenvalue weighted by atomic mass is 10.1. The summed E-state index contributed by atoms with van der Waals surface area (Å²) in [4.78, 5) is 16.4. The molecule has 4 heteroatoms. The first kappa shape index (κ1) is 13.5. The van der Waals surface area contributed by atoms with Gasteiger partial charge in [-0.15, -0.1) is 0 Å². The van der Waals surface area contributed by atoms with Crippen LogP contribution in [0.2, 0.25) is 0 Å². The Hall–Kier alpha value is -1.94. The first-order chi connectivity index (χ1) is 9.20. The molecule has 1 aromatic heterocycles. The monoisotopic (exact) mass is 257 g/mol. The molecule has 100 valence electrons. The normalized spacial score (nSPS) is 12.3. The van der Waals surface area contributed by atoms with Gasteiger partial charge in [0.2, 0.25) is 0 Å². The van der Waals surface area contributed by atoms with E-state index in [0.29, 0.717) is 18.2 Å². The number of nitrogens with zero attached hydrogens (tertiary/aromatic N) is 1. The van der Waals surface area contributed by atoms with Gasteiger partial charge in [-0.2, -0.15) is 0 Å². The van der Waals surface area contributed by atoms with Crippen LogP contribution in [0.4, 0.5) is 0 Å². The van der Waals surface area contributed by atoms with E-state index >= 15 is 0 Å². The van der Waals surface area contributed by atoms with E-state index in [2.05, 4.69) is 22.5 Å². The number of fused-ring (bicyclic) bond motifs is 1. The molecule has 0 spiro atoms. The van der Waals surface area contributed by atoms with E-state index in [4.69, 9.17) is 0 Å². The second-order valence-corrected chi connectivity index (χ2v) is 4.76. The van der Waals surface area contributed by atoms with Crippen molar-refractivity contribution in [3.8, 4) is 0 Å². The Morgan fingerprint density at radius 1 is 1.21 bits per heavy atom. The summed E-state index contributed by atoms with van der Waals surface area (Å²) >= 11 is 0. The molecule has 1 unspecified atom stereocenters. The van der Waals surface area contributed by atoms with Crippen LogP contribution in [0.1, 0.15) is 17.4 Å². The molecule has 19 heavy (non-hydrogen) atoms. The molecule has 1 aromatic carbocycles. The maximum absolute atomic E-state index is 12.0. The number of nitrogens with one attached hydrogen (secondary N) is 2. The molecule has 1 heterocycles. The number of carbonyl (C=O) groups excluding carboxylic acids is 1. The Kier molecular flexibility index (Phi) is 4.47. The number of para-hydroxylation sites is 1. The van der Waals surface area contributed by atoms with Gasteiger partial charge in [0.25, 0.3) is 5.91 Å². The lowest BCUT2D eigenvalue weighted by Crippen LogP contribution is -2.32. The second-order valence-electron chi connectivity index (χ2n) is 4.76. The topological polar surface area (TPSA) is 54.0 Å². The van der Waals surface area contributed by atoms with Gasteiger partial charge in [-0.05, 0) is 31.6 Å². The van der Waals surface area contributed by atoms with E-state index in [1.54, 1.807) is 6.07 Å². The van der Waals surface area contributed by atoms with Crippen LogP contribution in [0.25, 0.3) is 10.9 Å². The van der Waals surface area contributed by atoms with Crippen molar-refractivity contribution in [1.82, 2.24) is 15.6 Å². The van der Waals surface area contributed by atoms with Crippen molar-refractivity contribution in [2.75, 3.05) is 20.1 Å². The third-order valence-corrected chi connectivity index (χ3v) is 2.99. The molecule has 2 N–H and O–H groups in total. The summed E-state index contributed by atoms with van der Waals surface area (Å²) in [5.41, 5.74) is 1.31. The third-order valence-electron chi connectivity index (χ3n) is 2.99. The summed E-state index contributed by atoms with van der Waals surface area (Å²) in [5.74, 6) is 0.281. The predicted octanol–water partition coefficient (Wildman–Crippen LogP) is 1.82. The molecule has 0 saturated carbocycles. The van der Waals surface area contributed by atoms with Crippen molar-refractivity contribution >= 4 is 16.8 Å². The molecule has 0 radical (unpaired) electrons. The van der Waals surface area contributed by atoms with Gasteiger partial charge in [0.15, 0.2) is 0 Å². The Morgan fingerprint density at radius 2 is 2.00 bits per heavy atom. The molecule has 0 aliphatic heterocycles. The minimum Gasteiger partial charge on any atom is -0.350 e. The molecule has 2 aromatic rings. The van der Waals surface area contributed by atoms with Crippen LogP contribution < -0.4 is 10.6 Å². The summed E-state index contributed by atoms with van der Waals surface area (Å²) < 4.78 is 0. The smallest absolute Gasteiger partial charge is 0.269 e. The molecule has 0 fully saturated rings. The molecular weight excluding hydrogens is 238 g/mol. The number of benzene rings is 1. The van der Waals surface area contributed by atoms with Crippen LogP contribution in [0.5, 0.6) is 0 Å². The molecule has 1 amide bonds. The van der Waals surface area contributed by atoms with Crippen LogP contribution in [0.15, 0.2) is 36.4 Å². The zero-order chi connectivity index (χ0) is 13.7. The molecule has 0 aliphatic carbocycles. The van der Waals surface area contributed by atoms with Gasteiger partial charge in [0.1, 0.15) is 5.69 Å². The largest absolute Gasteiger partial charge is 0.350 e. The van der Waals surface area contributed by atoms with Gasteiger partial charge >= 0.3 is 0 Å². The lowest BCUT2D eigenvalue weighted by molar-refractivity contribution is 0.0943. The summed E-state index contributed by atoms with van der Waals surface area (Å²) in [7, 11) is 1.91. The summed E-state index contributed by atoms with van der Waals surface area (Å²) in [6.45, 7) is 3.62. The van der Waals surface area contributed by atoms with Gasteiger partial charge in [-0.3, -0.25) is 4.79 Å². The first-order valence-electron chi connectivity index (χ1n) is 6.49. The minimum absolute atomic E-state index is 0.117. The van der Waals surface area contributed by atoms with Crippen molar-refractivity contribution in [1.29, 1.82) is 0 Å². The molecular formula is C15H19N3O. The van der Waals surface area contributed by atoms with Crippen LogP contribution in [-0.4, -0.2) is 31.0 Å². The minimum atomic E-state index is -0.117. The van der Waals surface area contributed by atoms with Crippen LogP contribution >= 0.6 is 0 Å². The molecule has 0 bridgehead atoms. The fourth-order valence-electron chi connectivity index (χ4n) is 1.97. The van der Waals surface area contributed by atoms with Gasteiger partial charge in [-0.25, -0.2) is 4.98 Å². The fraction of sp³-hybridized carbons (Fsp3) is 0.333. The van der Waals surface area contributed by atoms with Crippen molar-refractivity contribution in [3.05, 3.63) is 42.1 Å². The SMILES string of the molecule is CNCC(C)CNC(=O)c1ccc2ccccc2n1. The van der Waals surface area contributed by atoms with E-state index in [1.807, 2.05) is 37.4 Å². The van der Waals surface area contributed by atoms with Crippen molar-refractivity contribution in [2.24, 2.45) is 5.92 Å². The lowest BCUT2D eigenvalue weighted by Gasteiger charge is -2.11. The van der Waals surface area contributed by atoms with Crippen LogP contribution in [0, 0.1) is 5.92 Å². The number of carbonyl (C=O) groups is 1. The summed E-state index contributed by atoms with van der Waals surface area (Å²) in [6, 6.07) is 11.5. The number of rotatable bonds is 5. The average molecular weight is 257 g/mol. The number of aromatic nitrogens is 1. The van der Waals surface area contributed by atoms with Crippen molar-refractivity contribution in [3.63, 3.8) is 0 Å². The Morgan fingerprint density at radius 3 is 2.79 bits per heavy atom. The number of hydrogen-bond donors (Lipinski definition) is 2. The van der Waals surface area contributed by atoms with Crippen LogP contribution in [0.3, 0.4) is 0 Å². The van der Waals surface area contributed by atoms with E-state index in [1.165, 1.54) is 0 Å². The third kappa shape index (κ3) is 3.51. The molecule has 1 atom stereocenters. The highest BCUT2D eigenvalue weighted by atomic mass is 16.1. The van der Waals surface area contributed by atoms with Gasteiger partial charge in [0.05, 0.1) is 5.52 Å². The fourth-order valence-corrected chi connectivity index (χ4v) is 1.97. The van der Waals surface area contributed by atoms with Gasteiger partial charge in [-0.1, -0.05) is 31.2 Å². The van der Waals surface area contributed by atoms with E-state index in [9.17, 15) is 4.79 Å². The molecule has 2 rings (SSSR count). The molecule has 0 aliphatic rings. The first-order valence-corrected chi connectivity index (χ1v) is 6.49. The zero-order valence-corrected chi connectivity index (χ0v) is 11.3.